The van der Waals surface area contributed by atoms with Crippen molar-refractivity contribution in [1.29, 1.82) is 0 Å². The van der Waals surface area contributed by atoms with Crippen LogP contribution in [0.5, 0.6) is 0 Å². The number of hydrogen-bond acceptors (Lipinski definition) is 1. The number of aromatic nitrogens is 1. The molecule has 1 heterocycles. The molecule has 0 aliphatic rings. The lowest BCUT2D eigenvalue weighted by atomic mass is 10.1. The van der Waals surface area contributed by atoms with Gasteiger partial charge in [-0.1, -0.05) is 12.1 Å². The first-order valence-electron chi connectivity index (χ1n) is 6.25. The molecule has 0 radical (unpaired) electrons. The van der Waals surface area contributed by atoms with Crippen LogP contribution in [-0.2, 0) is 6.54 Å². The third-order valence-corrected chi connectivity index (χ3v) is 3.51. The maximum atomic E-state index is 12.3. The highest BCUT2D eigenvalue weighted by Crippen LogP contribution is 2.20. The Bertz CT molecular complexity index is 617. The molecule has 0 fully saturated rings. The molecule has 1 N–H and O–H groups in total. The molecule has 0 spiro atoms. The summed E-state index contributed by atoms with van der Waals surface area (Å²) in [6, 6.07) is 7.88. The van der Waals surface area contributed by atoms with Crippen LogP contribution in [0, 0.1) is 13.8 Å². The number of anilines is 1. The molecule has 19 heavy (non-hydrogen) atoms. The predicted molar refractivity (Wildman–Crippen MR) is 81.7 cm³/mol. The maximum absolute atomic E-state index is 12.3. The first kappa shape index (κ1) is 13.9. The third-order valence-electron chi connectivity index (χ3n) is 3.08. The van der Waals surface area contributed by atoms with Crippen LogP contribution in [0.25, 0.3) is 0 Å². The van der Waals surface area contributed by atoms with Crippen LogP contribution in [0.3, 0.4) is 0 Å². The molecule has 3 nitrogen and oxygen atoms in total. The van der Waals surface area contributed by atoms with Gasteiger partial charge in [-0.3, -0.25) is 4.79 Å². The van der Waals surface area contributed by atoms with Gasteiger partial charge in [-0.2, -0.15) is 0 Å². The SMILES string of the molecule is CCn1cc(Br)cc1C(=O)Nc1cc(C)ccc1C. The predicted octanol–water partition coefficient (Wildman–Crippen LogP) is 4.14. The van der Waals surface area contributed by atoms with E-state index < -0.39 is 0 Å². The Morgan fingerprint density at radius 1 is 1.32 bits per heavy atom. The van der Waals surface area contributed by atoms with E-state index in [1.54, 1.807) is 0 Å². The Morgan fingerprint density at radius 2 is 2.05 bits per heavy atom. The van der Waals surface area contributed by atoms with Crippen LogP contribution >= 0.6 is 15.9 Å². The number of amides is 1. The van der Waals surface area contributed by atoms with Crippen molar-refractivity contribution in [2.45, 2.75) is 27.3 Å². The summed E-state index contributed by atoms with van der Waals surface area (Å²) in [6.45, 7) is 6.78. The third kappa shape index (κ3) is 3.07. The number of halogens is 1. The Hall–Kier alpha value is -1.55. The van der Waals surface area contributed by atoms with E-state index in [9.17, 15) is 4.79 Å². The Labute approximate surface area is 121 Å². The number of benzene rings is 1. The molecule has 2 aromatic rings. The summed E-state index contributed by atoms with van der Waals surface area (Å²) in [5, 5.41) is 2.97. The molecule has 0 saturated heterocycles. The number of carbonyl (C=O) groups is 1. The monoisotopic (exact) mass is 320 g/mol. The van der Waals surface area contributed by atoms with Crippen molar-refractivity contribution in [3.05, 3.63) is 51.8 Å². The smallest absolute Gasteiger partial charge is 0.272 e. The van der Waals surface area contributed by atoms with Crippen molar-refractivity contribution in [1.82, 2.24) is 4.57 Å². The fourth-order valence-corrected chi connectivity index (χ4v) is 2.45. The number of rotatable bonds is 3. The minimum absolute atomic E-state index is 0.0822. The standard InChI is InChI=1S/C15H17BrN2O/c1-4-18-9-12(16)8-14(18)15(19)17-13-7-10(2)5-6-11(13)3/h5-9H,4H2,1-3H3,(H,17,19). The topological polar surface area (TPSA) is 34.0 Å². The number of hydrogen-bond donors (Lipinski definition) is 1. The summed E-state index contributed by atoms with van der Waals surface area (Å²) < 4.78 is 2.84. The summed E-state index contributed by atoms with van der Waals surface area (Å²) in [7, 11) is 0. The maximum Gasteiger partial charge on any atom is 0.272 e. The lowest BCUT2D eigenvalue weighted by Gasteiger charge is -2.10. The molecule has 0 aliphatic heterocycles. The van der Waals surface area contributed by atoms with E-state index >= 15 is 0 Å². The number of aryl methyl sites for hydroxylation is 3. The van der Waals surface area contributed by atoms with Gasteiger partial charge in [-0.15, -0.1) is 0 Å². The van der Waals surface area contributed by atoms with Gasteiger partial charge in [0.2, 0.25) is 0 Å². The molecule has 1 aromatic carbocycles. The molecule has 0 unspecified atom stereocenters. The first-order chi connectivity index (χ1) is 9.01. The molecule has 0 saturated carbocycles. The van der Waals surface area contributed by atoms with Crippen LogP contribution in [0.2, 0.25) is 0 Å². The average molecular weight is 321 g/mol. The van der Waals surface area contributed by atoms with Crippen LogP contribution in [0.1, 0.15) is 28.5 Å². The van der Waals surface area contributed by atoms with Gasteiger partial charge in [0.15, 0.2) is 0 Å². The highest BCUT2D eigenvalue weighted by Gasteiger charge is 2.13. The first-order valence-corrected chi connectivity index (χ1v) is 7.05. The molecule has 100 valence electrons. The van der Waals surface area contributed by atoms with E-state index in [1.165, 1.54) is 0 Å². The average Bonchev–Trinajstić information content (AvgIpc) is 2.75. The molecular formula is C15H17BrN2O. The molecule has 1 amide bonds. The van der Waals surface area contributed by atoms with Crippen molar-refractivity contribution in [2.24, 2.45) is 0 Å². The molecule has 4 heteroatoms. The normalized spacial score (nSPS) is 10.5. The van der Waals surface area contributed by atoms with E-state index in [0.29, 0.717) is 5.69 Å². The fourth-order valence-electron chi connectivity index (χ4n) is 1.98. The van der Waals surface area contributed by atoms with E-state index in [2.05, 4.69) is 21.2 Å². The molecule has 0 aliphatic carbocycles. The minimum Gasteiger partial charge on any atom is -0.343 e. The molecule has 1 aromatic heterocycles. The van der Waals surface area contributed by atoms with Crippen molar-refractivity contribution in [3.8, 4) is 0 Å². The van der Waals surface area contributed by atoms with Gasteiger partial charge in [-0.05, 0) is 60.0 Å². The summed E-state index contributed by atoms with van der Waals surface area (Å²) >= 11 is 3.40. The van der Waals surface area contributed by atoms with Gasteiger partial charge in [0.1, 0.15) is 5.69 Å². The van der Waals surface area contributed by atoms with Gasteiger partial charge < -0.3 is 9.88 Å². The number of nitrogens with zero attached hydrogens (tertiary/aromatic N) is 1. The van der Waals surface area contributed by atoms with Crippen molar-refractivity contribution in [2.75, 3.05) is 5.32 Å². The number of carbonyl (C=O) groups excluding carboxylic acids is 1. The highest BCUT2D eigenvalue weighted by molar-refractivity contribution is 9.10. The molecule has 0 atom stereocenters. The Morgan fingerprint density at radius 3 is 2.74 bits per heavy atom. The van der Waals surface area contributed by atoms with Crippen molar-refractivity contribution in [3.63, 3.8) is 0 Å². The zero-order chi connectivity index (χ0) is 14.0. The Balaban J connectivity index is 2.27. The molecule has 2 rings (SSSR count). The van der Waals surface area contributed by atoms with Crippen molar-refractivity contribution < 1.29 is 4.79 Å². The number of nitrogens with one attached hydrogen (secondary N) is 1. The van der Waals surface area contributed by atoms with Gasteiger partial charge in [0, 0.05) is 22.9 Å². The largest absolute Gasteiger partial charge is 0.343 e. The van der Waals surface area contributed by atoms with Gasteiger partial charge in [0.25, 0.3) is 5.91 Å². The second kappa shape index (κ2) is 5.61. The highest BCUT2D eigenvalue weighted by atomic mass is 79.9. The Kier molecular flexibility index (Phi) is 4.10. The zero-order valence-corrected chi connectivity index (χ0v) is 12.9. The quantitative estimate of drug-likeness (QED) is 0.906. The fraction of sp³-hybridized carbons (Fsp3) is 0.267. The second-order valence-electron chi connectivity index (χ2n) is 4.60. The van der Waals surface area contributed by atoms with E-state index in [-0.39, 0.29) is 5.91 Å². The lowest BCUT2D eigenvalue weighted by Crippen LogP contribution is -2.17. The van der Waals surface area contributed by atoms with Crippen LogP contribution in [0.15, 0.2) is 34.9 Å². The molecule has 0 bridgehead atoms. The van der Waals surface area contributed by atoms with Gasteiger partial charge in [0.05, 0.1) is 0 Å². The molecular weight excluding hydrogens is 304 g/mol. The minimum atomic E-state index is -0.0822. The summed E-state index contributed by atoms with van der Waals surface area (Å²) in [5.74, 6) is -0.0822. The second-order valence-corrected chi connectivity index (χ2v) is 5.52. The van der Waals surface area contributed by atoms with E-state index in [4.69, 9.17) is 0 Å². The van der Waals surface area contributed by atoms with Gasteiger partial charge in [-0.25, -0.2) is 0 Å². The van der Waals surface area contributed by atoms with Crippen molar-refractivity contribution >= 4 is 27.5 Å². The summed E-state index contributed by atoms with van der Waals surface area (Å²) in [5.41, 5.74) is 3.72. The summed E-state index contributed by atoms with van der Waals surface area (Å²) in [6.07, 6.45) is 1.91. The van der Waals surface area contributed by atoms with Gasteiger partial charge >= 0.3 is 0 Å². The van der Waals surface area contributed by atoms with Crippen LogP contribution in [-0.4, -0.2) is 10.5 Å². The van der Waals surface area contributed by atoms with Crippen LogP contribution < -0.4 is 5.32 Å². The zero-order valence-electron chi connectivity index (χ0n) is 11.3. The van der Waals surface area contributed by atoms with Crippen LogP contribution in [0.4, 0.5) is 5.69 Å². The summed E-state index contributed by atoms with van der Waals surface area (Å²) in [4.78, 5) is 12.3. The van der Waals surface area contributed by atoms with E-state index in [0.717, 1.165) is 27.8 Å². The lowest BCUT2D eigenvalue weighted by molar-refractivity contribution is 0.101. The van der Waals surface area contributed by atoms with E-state index in [1.807, 2.05) is 55.8 Å².